The Balaban J connectivity index is 1.38. The molecular formula is C28H28N4O2. The Hall–Kier alpha value is -4.19. The standard InChI is InChI=1S/C28H28N4O2/c1-20-18-21(2)32(31-20)19-23-12-14-24(15-13-23)27(33)30-26-11-7-6-10-25(26)28(34)29-17-16-22-8-4-3-5-9-22/h3-15,18H,16-17,19H2,1-2H3,(H,29,34)(H,30,33). The topological polar surface area (TPSA) is 76.0 Å². The highest BCUT2D eigenvalue weighted by Gasteiger charge is 2.14. The number of hydrogen-bond acceptors (Lipinski definition) is 3. The third-order valence-electron chi connectivity index (χ3n) is 5.61. The lowest BCUT2D eigenvalue weighted by Gasteiger charge is -2.12. The Bertz CT molecular complexity index is 1280. The second-order valence-corrected chi connectivity index (χ2v) is 8.27. The van der Waals surface area contributed by atoms with Crippen LogP contribution in [0, 0.1) is 13.8 Å². The Morgan fingerprint density at radius 3 is 2.24 bits per heavy atom. The van der Waals surface area contributed by atoms with E-state index in [4.69, 9.17) is 0 Å². The minimum Gasteiger partial charge on any atom is -0.352 e. The zero-order valence-corrected chi connectivity index (χ0v) is 19.4. The molecule has 0 saturated heterocycles. The van der Waals surface area contributed by atoms with Crippen molar-refractivity contribution in [2.75, 3.05) is 11.9 Å². The van der Waals surface area contributed by atoms with Crippen molar-refractivity contribution < 1.29 is 9.59 Å². The number of aromatic nitrogens is 2. The summed E-state index contributed by atoms with van der Waals surface area (Å²) in [5.41, 5.74) is 5.73. The first-order valence-corrected chi connectivity index (χ1v) is 11.3. The van der Waals surface area contributed by atoms with Gasteiger partial charge in [-0.05, 0) is 61.7 Å². The fourth-order valence-electron chi connectivity index (χ4n) is 3.81. The summed E-state index contributed by atoms with van der Waals surface area (Å²) >= 11 is 0. The van der Waals surface area contributed by atoms with Gasteiger partial charge in [-0.25, -0.2) is 0 Å². The van der Waals surface area contributed by atoms with Crippen LogP contribution in [0.2, 0.25) is 0 Å². The van der Waals surface area contributed by atoms with E-state index in [1.807, 2.05) is 67.1 Å². The number of benzene rings is 3. The van der Waals surface area contributed by atoms with Crippen LogP contribution in [0.3, 0.4) is 0 Å². The molecule has 172 valence electrons. The first-order chi connectivity index (χ1) is 16.5. The molecule has 0 bridgehead atoms. The molecule has 34 heavy (non-hydrogen) atoms. The molecule has 6 nitrogen and oxygen atoms in total. The highest BCUT2D eigenvalue weighted by Crippen LogP contribution is 2.17. The summed E-state index contributed by atoms with van der Waals surface area (Å²) in [6, 6.07) is 26.5. The quantitative estimate of drug-likeness (QED) is 0.404. The van der Waals surface area contributed by atoms with Gasteiger partial charge in [-0.3, -0.25) is 14.3 Å². The van der Waals surface area contributed by atoms with Gasteiger partial charge in [-0.15, -0.1) is 0 Å². The molecule has 1 aromatic heterocycles. The SMILES string of the molecule is Cc1cc(C)n(Cc2ccc(C(=O)Nc3ccccc3C(=O)NCCc3ccccc3)cc2)n1. The second-order valence-electron chi connectivity index (χ2n) is 8.27. The molecule has 6 heteroatoms. The highest BCUT2D eigenvalue weighted by atomic mass is 16.2. The van der Waals surface area contributed by atoms with Crippen LogP contribution in [-0.2, 0) is 13.0 Å². The first kappa shape index (κ1) is 23.0. The lowest BCUT2D eigenvalue weighted by Crippen LogP contribution is -2.27. The smallest absolute Gasteiger partial charge is 0.255 e. The van der Waals surface area contributed by atoms with Gasteiger partial charge in [0.1, 0.15) is 0 Å². The van der Waals surface area contributed by atoms with Crippen molar-refractivity contribution in [3.05, 3.63) is 119 Å². The summed E-state index contributed by atoms with van der Waals surface area (Å²) < 4.78 is 1.94. The van der Waals surface area contributed by atoms with Crippen LogP contribution < -0.4 is 10.6 Å². The summed E-state index contributed by atoms with van der Waals surface area (Å²) in [6.45, 7) is 5.16. The maximum Gasteiger partial charge on any atom is 0.255 e. The van der Waals surface area contributed by atoms with Crippen molar-refractivity contribution in [2.45, 2.75) is 26.8 Å². The van der Waals surface area contributed by atoms with Crippen LogP contribution in [0.4, 0.5) is 5.69 Å². The number of nitrogens with one attached hydrogen (secondary N) is 2. The summed E-state index contributed by atoms with van der Waals surface area (Å²) in [5.74, 6) is -0.478. The Morgan fingerprint density at radius 1 is 0.824 bits per heavy atom. The number of amides is 2. The minimum absolute atomic E-state index is 0.216. The van der Waals surface area contributed by atoms with Crippen LogP contribution in [0.1, 0.15) is 43.2 Å². The molecule has 0 aliphatic carbocycles. The van der Waals surface area contributed by atoms with Crippen molar-refractivity contribution in [1.29, 1.82) is 0 Å². The van der Waals surface area contributed by atoms with Gasteiger partial charge in [0.25, 0.3) is 11.8 Å². The second kappa shape index (κ2) is 10.6. The van der Waals surface area contributed by atoms with E-state index in [0.29, 0.717) is 29.9 Å². The molecule has 0 fully saturated rings. The Morgan fingerprint density at radius 2 is 1.53 bits per heavy atom. The molecule has 2 N–H and O–H groups in total. The minimum atomic E-state index is -0.262. The van der Waals surface area contributed by atoms with Crippen LogP contribution in [-0.4, -0.2) is 28.1 Å². The normalized spacial score (nSPS) is 10.6. The lowest BCUT2D eigenvalue weighted by atomic mass is 10.1. The molecule has 0 saturated carbocycles. The van der Waals surface area contributed by atoms with Gasteiger partial charge in [0, 0.05) is 17.8 Å². The van der Waals surface area contributed by atoms with Crippen LogP contribution >= 0.6 is 0 Å². The number of carbonyl (C=O) groups excluding carboxylic acids is 2. The van der Waals surface area contributed by atoms with Gasteiger partial charge >= 0.3 is 0 Å². The van der Waals surface area contributed by atoms with Gasteiger partial charge in [0.05, 0.1) is 23.5 Å². The van der Waals surface area contributed by atoms with Gasteiger partial charge in [0.2, 0.25) is 0 Å². The predicted molar refractivity (Wildman–Crippen MR) is 134 cm³/mol. The third-order valence-corrected chi connectivity index (χ3v) is 5.61. The van der Waals surface area contributed by atoms with Crippen LogP contribution in [0.15, 0.2) is 84.9 Å². The number of rotatable bonds is 8. The Kier molecular flexibility index (Phi) is 7.18. The maximum absolute atomic E-state index is 12.9. The van der Waals surface area contributed by atoms with Crippen molar-refractivity contribution in [2.24, 2.45) is 0 Å². The van der Waals surface area contributed by atoms with E-state index in [1.165, 1.54) is 0 Å². The fourth-order valence-corrected chi connectivity index (χ4v) is 3.81. The predicted octanol–water partition coefficient (Wildman–Crippen LogP) is 4.77. The van der Waals surface area contributed by atoms with E-state index in [2.05, 4.69) is 15.7 Å². The molecule has 0 aliphatic rings. The fraction of sp³-hybridized carbons (Fsp3) is 0.179. The molecule has 4 rings (SSSR count). The molecule has 3 aromatic carbocycles. The Labute approximate surface area is 199 Å². The lowest BCUT2D eigenvalue weighted by molar-refractivity contribution is 0.0955. The average Bonchev–Trinajstić information content (AvgIpc) is 3.16. The molecule has 2 amide bonds. The van der Waals surface area contributed by atoms with E-state index in [9.17, 15) is 9.59 Å². The number of nitrogens with zero attached hydrogens (tertiary/aromatic N) is 2. The van der Waals surface area contributed by atoms with E-state index < -0.39 is 0 Å². The van der Waals surface area contributed by atoms with E-state index in [0.717, 1.165) is 28.9 Å². The largest absolute Gasteiger partial charge is 0.352 e. The van der Waals surface area contributed by atoms with Crippen LogP contribution in [0.25, 0.3) is 0 Å². The van der Waals surface area contributed by atoms with Crippen molar-refractivity contribution in [3.8, 4) is 0 Å². The maximum atomic E-state index is 12.9. The molecule has 0 radical (unpaired) electrons. The van der Waals surface area contributed by atoms with Gasteiger partial charge in [-0.2, -0.15) is 5.10 Å². The van der Waals surface area contributed by atoms with Gasteiger partial charge in [0.15, 0.2) is 0 Å². The first-order valence-electron chi connectivity index (χ1n) is 11.3. The van der Waals surface area contributed by atoms with Gasteiger partial charge in [-0.1, -0.05) is 54.6 Å². The molecule has 0 unspecified atom stereocenters. The number of para-hydroxylation sites is 1. The summed E-state index contributed by atoms with van der Waals surface area (Å²) in [4.78, 5) is 25.6. The summed E-state index contributed by atoms with van der Waals surface area (Å²) in [6.07, 6.45) is 0.741. The molecular weight excluding hydrogens is 424 g/mol. The zero-order chi connectivity index (χ0) is 23.9. The van der Waals surface area contributed by atoms with Crippen molar-refractivity contribution >= 4 is 17.5 Å². The highest BCUT2D eigenvalue weighted by molar-refractivity contribution is 6.09. The summed E-state index contributed by atoms with van der Waals surface area (Å²) in [5, 5.41) is 10.3. The summed E-state index contributed by atoms with van der Waals surface area (Å²) in [7, 11) is 0. The third kappa shape index (κ3) is 5.78. The van der Waals surface area contributed by atoms with E-state index in [-0.39, 0.29) is 11.8 Å². The number of aryl methyl sites for hydroxylation is 2. The molecule has 0 aliphatic heterocycles. The van der Waals surface area contributed by atoms with Crippen molar-refractivity contribution in [1.82, 2.24) is 15.1 Å². The molecule has 1 heterocycles. The monoisotopic (exact) mass is 452 g/mol. The average molecular weight is 453 g/mol. The number of carbonyl (C=O) groups is 2. The number of hydrogen-bond donors (Lipinski definition) is 2. The van der Waals surface area contributed by atoms with Crippen molar-refractivity contribution in [3.63, 3.8) is 0 Å². The molecule has 0 atom stereocenters. The van der Waals surface area contributed by atoms with E-state index in [1.54, 1.807) is 36.4 Å². The zero-order valence-electron chi connectivity index (χ0n) is 19.4. The number of anilines is 1. The van der Waals surface area contributed by atoms with Crippen LogP contribution in [0.5, 0.6) is 0 Å². The van der Waals surface area contributed by atoms with Gasteiger partial charge < -0.3 is 10.6 Å². The molecule has 4 aromatic rings. The molecule has 0 spiro atoms. The van der Waals surface area contributed by atoms with E-state index >= 15 is 0 Å².